The lowest BCUT2D eigenvalue weighted by Gasteiger charge is -2.23. The largest absolute Gasteiger partial charge is 0.316 e. The lowest BCUT2D eigenvalue weighted by atomic mass is 10.1. The summed E-state index contributed by atoms with van der Waals surface area (Å²) in [4.78, 5) is 17.4. The Labute approximate surface area is 127 Å². The van der Waals surface area contributed by atoms with Gasteiger partial charge < -0.3 is 10.6 Å². The quantitative estimate of drug-likeness (QED) is 0.814. The molecule has 2 aliphatic heterocycles. The Kier molecular flexibility index (Phi) is 4.00. The van der Waals surface area contributed by atoms with E-state index in [1.54, 1.807) is 0 Å². The monoisotopic (exact) mass is 330 g/mol. The molecular weight excluding hydrogens is 312 g/mol. The molecule has 3 rings (SSSR count). The van der Waals surface area contributed by atoms with Gasteiger partial charge in [0.15, 0.2) is 5.13 Å². The van der Waals surface area contributed by atoms with Crippen LogP contribution < -0.4 is 10.6 Å². The molecule has 3 heterocycles. The Hall–Kier alpha value is -1.03. The first-order valence-corrected chi connectivity index (χ1v) is 9.55. The van der Waals surface area contributed by atoms with E-state index in [0.29, 0.717) is 31.2 Å². The van der Waals surface area contributed by atoms with Crippen molar-refractivity contribution < 1.29 is 13.2 Å². The summed E-state index contributed by atoms with van der Waals surface area (Å²) in [5.41, 5.74) is 0.903. The smallest absolute Gasteiger partial charge is 0.230 e. The lowest BCUT2D eigenvalue weighted by molar-refractivity contribution is -0.119. The van der Waals surface area contributed by atoms with Crippen molar-refractivity contribution in [3.63, 3.8) is 0 Å². The van der Waals surface area contributed by atoms with Gasteiger partial charge in [0.1, 0.15) is 0 Å². The fourth-order valence-corrected chi connectivity index (χ4v) is 4.49. The number of fused-ring (bicyclic) bond motifs is 1. The zero-order chi connectivity index (χ0) is 15.0. The third-order valence-electron chi connectivity index (χ3n) is 3.83. The molecule has 0 radical (unpaired) electrons. The van der Waals surface area contributed by atoms with Crippen LogP contribution in [0.4, 0.5) is 5.13 Å². The van der Waals surface area contributed by atoms with Crippen LogP contribution in [0.1, 0.15) is 17.0 Å². The van der Waals surface area contributed by atoms with Crippen LogP contribution in [0.2, 0.25) is 0 Å². The van der Waals surface area contributed by atoms with Gasteiger partial charge in [0.25, 0.3) is 0 Å². The summed E-state index contributed by atoms with van der Waals surface area (Å²) in [7, 11) is -3.18. The van der Waals surface area contributed by atoms with Crippen molar-refractivity contribution in [1.82, 2.24) is 14.6 Å². The predicted molar refractivity (Wildman–Crippen MR) is 80.7 cm³/mol. The highest BCUT2D eigenvalue weighted by molar-refractivity contribution is 7.88. The normalized spacial score (nSPS) is 23.0. The molecule has 0 spiro atoms. The van der Waals surface area contributed by atoms with E-state index in [1.807, 2.05) is 0 Å². The molecule has 2 N–H and O–H groups in total. The summed E-state index contributed by atoms with van der Waals surface area (Å²) in [6.45, 7) is 2.39. The number of nitrogens with zero attached hydrogens (tertiary/aromatic N) is 2. The topological polar surface area (TPSA) is 91.4 Å². The number of hydrogen-bond acceptors (Lipinski definition) is 6. The summed E-state index contributed by atoms with van der Waals surface area (Å²) in [5, 5.41) is 6.59. The number of rotatable bonds is 3. The molecule has 0 bridgehead atoms. The van der Waals surface area contributed by atoms with Gasteiger partial charge in [-0.15, -0.1) is 11.3 Å². The third-order valence-corrected chi connectivity index (χ3v) is 6.07. The number of anilines is 1. The Bertz CT molecular complexity index is 649. The van der Waals surface area contributed by atoms with E-state index in [9.17, 15) is 13.2 Å². The Morgan fingerprint density at radius 2 is 2.33 bits per heavy atom. The molecule has 21 heavy (non-hydrogen) atoms. The maximum absolute atomic E-state index is 12.1. The molecule has 1 aromatic heterocycles. The second-order valence-electron chi connectivity index (χ2n) is 5.41. The summed E-state index contributed by atoms with van der Waals surface area (Å²) in [6, 6.07) is 0. The Morgan fingerprint density at radius 1 is 1.52 bits per heavy atom. The van der Waals surface area contributed by atoms with Crippen molar-refractivity contribution in [1.29, 1.82) is 0 Å². The minimum absolute atomic E-state index is 0.00144. The number of carbonyl (C=O) groups excluding carboxylic acids is 1. The van der Waals surface area contributed by atoms with E-state index in [4.69, 9.17) is 0 Å². The van der Waals surface area contributed by atoms with E-state index >= 15 is 0 Å². The number of amides is 1. The van der Waals surface area contributed by atoms with Gasteiger partial charge in [0.2, 0.25) is 15.9 Å². The third kappa shape index (κ3) is 3.25. The molecule has 0 aliphatic carbocycles. The number of hydrogen-bond donors (Lipinski definition) is 2. The molecule has 116 valence electrons. The van der Waals surface area contributed by atoms with Gasteiger partial charge in [-0.2, -0.15) is 4.31 Å². The van der Waals surface area contributed by atoms with Crippen LogP contribution in [0.15, 0.2) is 0 Å². The summed E-state index contributed by atoms with van der Waals surface area (Å²) in [6.07, 6.45) is 2.66. The maximum Gasteiger partial charge on any atom is 0.230 e. The highest BCUT2D eigenvalue weighted by Gasteiger charge is 2.28. The number of nitrogens with one attached hydrogen (secondary N) is 2. The number of sulfonamides is 1. The molecule has 1 aromatic rings. The standard InChI is InChI=1S/C12H18N4O3S2/c1-21(18,19)16-5-3-9-10(7-16)20-12(14-9)15-11(17)8-2-4-13-6-8/h8,13H,2-7H2,1H3,(H,14,15,17)/t8-/m0/s1. The van der Waals surface area contributed by atoms with E-state index in [1.165, 1.54) is 21.9 Å². The predicted octanol–water partition coefficient (Wildman–Crippen LogP) is 0.00880. The van der Waals surface area contributed by atoms with Crippen LogP contribution in [-0.2, 0) is 27.8 Å². The maximum atomic E-state index is 12.1. The van der Waals surface area contributed by atoms with E-state index in [-0.39, 0.29) is 11.8 Å². The van der Waals surface area contributed by atoms with Gasteiger partial charge in [-0.1, -0.05) is 0 Å². The number of thiazole rings is 1. The van der Waals surface area contributed by atoms with E-state index < -0.39 is 10.0 Å². The SMILES string of the molecule is CS(=O)(=O)N1CCc2nc(NC(=O)[C@H]3CCNC3)sc2C1. The van der Waals surface area contributed by atoms with Crippen LogP contribution in [0.3, 0.4) is 0 Å². The molecular formula is C12H18N4O3S2. The Morgan fingerprint density at radius 3 is 3.00 bits per heavy atom. The number of carbonyl (C=O) groups is 1. The average Bonchev–Trinajstić information content (AvgIpc) is 3.05. The zero-order valence-corrected chi connectivity index (χ0v) is 13.4. The van der Waals surface area contributed by atoms with E-state index in [2.05, 4.69) is 15.6 Å². The zero-order valence-electron chi connectivity index (χ0n) is 11.8. The molecule has 0 saturated carbocycles. The van der Waals surface area contributed by atoms with Gasteiger partial charge in [0.05, 0.1) is 17.9 Å². The Balaban J connectivity index is 1.70. The summed E-state index contributed by atoms with van der Waals surface area (Å²) >= 11 is 1.37. The molecule has 0 aromatic carbocycles. The highest BCUT2D eigenvalue weighted by atomic mass is 32.2. The van der Waals surface area contributed by atoms with Crippen LogP contribution in [-0.4, -0.2) is 49.5 Å². The molecule has 2 aliphatic rings. The molecule has 1 amide bonds. The second-order valence-corrected chi connectivity index (χ2v) is 8.48. The highest BCUT2D eigenvalue weighted by Crippen LogP contribution is 2.29. The first kappa shape index (κ1) is 14.9. The van der Waals surface area contributed by atoms with Gasteiger partial charge in [0, 0.05) is 30.9 Å². The summed E-state index contributed by atoms with van der Waals surface area (Å²) in [5.74, 6) is -0.00971. The van der Waals surface area contributed by atoms with Crippen molar-refractivity contribution in [2.24, 2.45) is 5.92 Å². The van der Waals surface area contributed by atoms with Crippen molar-refractivity contribution in [2.45, 2.75) is 19.4 Å². The molecule has 1 atom stereocenters. The molecule has 1 fully saturated rings. The van der Waals surface area contributed by atoms with Crippen molar-refractivity contribution in [3.05, 3.63) is 10.6 Å². The van der Waals surface area contributed by atoms with Gasteiger partial charge in [-0.05, 0) is 13.0 Å². The first-order chi connectivity index (χ1) is 9.93. The van der Waals surface area contributed by atoms with Gasteiger partial charge in [-0.25, -0.2) is 13.4 Å². The van der Waals surface area contributed by atoms with Crippen molar-refractivity contribution in [3.8, 4) is 0 Å². The van der Waals surface area contributed by atoms with Gasteiger partial charge in [-0.3, -0.25) is 4.79 Å². The lowest BCUT2D eigenvalue weighted by Crippen LogP contribution is -2.34. The van der Waals surface area contributed by atoms with Crippen LogP contribution in [0.5, 0.6) is 0 Å². The fourth-order valence-electron chi connectivity index (χ4n) is 2.59. The molecule has 9 heteroatoms. The molecule has 1 saturated heterocycles. The number of aromatic nitrogens is 1. The minimum Gasteiger partial charge on any atom is -0.316 e. The van der Waals surface area contributed by atoms with Crippen LogP contribution in [0.25, 0.3) is 0 Å². The molecule has 0 unspecified atom stereocenters. The van der Waals surface area contributed by atoms with Crippen molar-refractivity contribution >= 4 is 32.4 Å². The van der Waals surface area contributed by atoms with Crippen LogP contribution >= 0.6 is 11.3 Å². The minimum atomic E-state index is -3.18. The van der Waals surface area contributed by atoms with Crippen LogP contribution in [0, 0.1) is 5.92 Å². The van der Waals surface area contributed by atoms with Gasteiger partial charge >= 0.3 is 0 Å². The van der Waals surface area contributed by atoms with E-state index in [0.717, 1.165) is 23.5 Å². The molecule has 7 nitrogen and oxygen atoms in total. The average molecular weight is 330 g/mol. The first-order valence-electron chi connectivity index (χ1n) is 6.89. The van der Waals surface area contributed by atoms with Crippen molar-refractivity contribution in [2.75, 3.05) is 31.2 Å². The fraction of sp³-hybridized carbons (Fsp3) is 0.667. The second kappa shape index (κ2) is 5.64. The summed E-state index contributed by atoms with van der Waals surface area (Å²) < 4.78 is 24.6.